The third-order valence-corrected chi connectivity index (χ3v) is 2.83. The molecule has 6 heteroatoms. The normalized spacial score (nSPS) is 27.5. The summed E-state index contributed by atoms with van der Waals surface area (Å²) in [7, 11) is 1.46. The maximum Gasteiger partial charge on any atom is 0.255 e. The lowest BCUT2D eigenvalue weighted by atomic mass is 10.1. The molecule has 0 unspecified atom stereocenters. The first kappa shape index (κ1) is 20.5. The van der Waals surface area contributed by atoms with Crippen molar-refractivity contribution in [2.75, 3.05) is 20.3 Å². The summed E-state index contributed by atoms with van der Waals surface area (Å²) < 4.78 is 20.7. The monoisotopic (exact) mass is 306 g/mol. The standard InChI is InChI=1S/C9H14O4.C4H10O2.C2H6/c1-8(2)12-6-9(13-8)7(10)4-3-5-11-9;1-4(2,5)6-3;1-2/h3-6H2,1-2H3;5H,1-3H3;1-2H3/t9-;;/m0../s1. The predicted molar refractivity (Wildman–Crippen MR) is 78.7 cm³/mol. The van der Waals surface area contributed by atoms with Gasteiger partial charge >= 0.3 is 0 Å². The van der Waals surface area contributed by atoms with Crippen LogP contribution in [0.4, 0.5) is 0 Å². The Hall–Kier alpha value is -0.530. The molecule has 0 radical (unpaired) electrons. The number of methoxy groups -OCH3 is 1. The number of hydrogen-bond acceptors (Lipinski definition) is 6. The van der Waals surface area contributed by atoms with Crippen LogP contribution in [0.15, 0.2) is 0 Å². The number of aliphatic hydroxyl groups is 1. The lowest BCUT2D eigenvalue weighted by Crippen LogP contribution is -2.48. The van der Waals surface area contributed by atoms with Gasteiger partial charge in [0.15, 0.2) is 17.4 Å². The molecular weight excluding hydrogens is 276 g/mol. The van der Waals surface area contributed by atoms with E-state index in [1.807, 2.05) is 13.8 Å². The molecule has 0 saturated carbocycles. The average molecular weight is 306 g/mol. The van der Waals surface area contributed by atoms with Crippen molar-refractivity contribution < 1.29 is 28.8 Å². The Bertz CT molecular complexity index is 321. The molecule has 0 aliphatic carbocycles. The quantitative estimate of drug-likeness (QED) is 0.749. The zero-order chi connectivity index (χ0) is 16.7. The number of rotatable bonds is 1. The molecular formula is C15H30O6. The zero-order valence-corrected chi connectivity index (χ0v) is 14.3. The van der Waals surface area contributed by atoms with Crippen LogP contribution < -0.4 is 0 Å². The van der Waals surface area contributed by atoms with E-state index in [1.54, 1.807) is 27.7 Å². The van der Waals surface area contributed by atoms with Gasteiger partial charge in [-0.1, -0.05) is 13.8 Å². The van der Waals surface area contributed by atoms with Crippen LogP contribution in [0.5, 0.6) is 0 Å². The number of hydrogen-bond donors (Lipinski definition) is 1. The van der Waals surface area contributed by atoms with Crippen molar-refractivity contribution in [3.8, 4) is 0 Å². The fraction of sp³-hybridized carbons (Fsp3) is 0.933. The number of Topliss-reactive ketones (excluding diaryl/α,β-unsaturated/α-hetero) is 1. The molecule has 0 aromatic carbocycles. The Morgan fingerprint density at radius 2 is 1.76 bits per heavy atom. The van der Waals surface area contributed by atoms with E-state index in [4.69, 9.17) is 19.3 Å². The second kappa shape index (κ2) is 8.19. The van der Waals surface area contributed by atoms with E-state index < -0.39 is 17.4 Å². The lowest BCUT2D eigenvalue weighted by Gasteiger charge is -2.30. The van der Waals surface area contributed by atoms with Crippen molar-refractivity contribution in [1.82, 2.24) is 0 Å². The van der Waals surface area contributed by atoms with Gasteiger partial charge in [-0.15, -0.1) is 0 Å². The molecule has 1 N–H and O–H groups in total. The van der Waals surface area contributed by atoms with Crippen molar-refractivity contribution in [3.63, 3.8) is 0 Å². The number of ketones is 1. The second-order valence-corrected chi connectivity index (χ2v) is 5.57. The Balaban J connectivity index is 0.000000427. The molecule has 21 heavy (non-hydrogen) atoms. The Morgan fingerprint density at radius 1 is 1.24 bits per heavy atom. The summed E-state index contributed by atoms with van der Waals surface area (Å²) >= 11 is 0. The molecule has 0 aromatic rings. The van der Waals surface area contributed by atoms with Crippen LogP contribution in [0.2, 0.25) is 0 Å². The van der Waals surface area contributed by atoms with Gasteiger partial charge in [0, 0.05) is 13.5 Å². The van der Waals surface area contributed by atoms with Crippen molar-refractivity contribution >= 4 is 5.78 Å². The first-order valence-corrected chi connectivity index (χ1v) is 7.39. The minimum Gasteiger partial charge on any atom is -0.366 e. The summed E-state index contributed by atoms with van der Waals surface area (Å²) in [6, 6.07) is 0. The van der Waals surface area contributed by atoms with Gasteiger partial charge < -0.3 is 24.1 Å². The molecule has 1 spiro atoms. The van der Waals surface area contributed by atoms with Gasteiger partial charge in [0.05, 0.1) is 6.61 Å². The summed E-state index contributed by atoms with van der Waals surface area (Å²) in [5.74, 6) is -2.75. The van der Waals surface area contributed by atoms with E-state index in [0.717, 1.165) is 6.42 Å². The molecule has 2 heterocycles. The fourth-order valence-electron chi connectivity index (χ4n) is 1.67. The van der Waals surface area contributed by atoms with Crippen LogP contribution in [-0.4, -0.2) is 48.6 Å². The second-order valence-electron chi connectivity index (χ2n) is 5.57. The van der Waals surface area contributed by atoms with Gasteiger partial charge in [-0.2, -0.15) is 0 Å². The molecule has 2 aliphatic heterocycles. The highest BCUT2D eigenvalue weighted by Crippen LogP contribution is 2.35. The summed E-state index contributed by atoms with van der Waals surface area (Å²) in [6.45, 7) is 11.5. The minimum atomic E-state index is -1.10. The van der Waals surface area contributed by atoms with Gasteiger partial charge in [-0.3, -0.25) is 4.79 Å². The Kier molecular flexibility index (Phi) is 7.99. The average Bonchev–Trinajstić information content (AvgIpc) is 2.72. The Labute approximate surface area is 127 Å². The molecule has 0 aromatic heterocycles. The third-order valence-electron chi connectivity index (χ3n) is 2.83. The largest absolute Gasteiger partial charge is 0.366 e. The Morgan fingerprint density at radius 3 is 2.10 bits per heavy atom. The predicted octanol–water partition coefficient (Wildman–Crippen LogP) is 2.23. The number of ether oxygens (including phenoxy) is 4. The van der Waals surface area contributed by atoms with Gasteiger partial charge in [0.1, 0.15) is 6.61 Å². The molecule has 1 atom stereocenters. The first-order chi connectivity index (χ1) is 9.60. The molecule has 0 bridgehead atoms. The van der Waals surface area contributed by atoms with E-state index in [2.05, 4.69) is 4.74 Å². The van der Waals surface area contributed by atoms with Gasteiger partial charge in [0.25, 0.3) is 5.79 Å². The molecule has 2 saturated heterocycles. The third kappa shape index (κ3) is 6.84. The number of carbonyl (C=O) groups excluding carboxylic acids is 1. The summed E-state index contributed by atoms with van der Waals surface area (Å²) in [6.07, 6.45) is 1.31. The van der Waals surface area contributed by atoms with Crippen molar-refractivity contribution in [3.05, 3.63) is 0 Å². The smallest absolute Gasteiger partial charge is 0.255 e. The molecule has 2 fully saturated rings. The van der Waals surface area contributed by atoms with E-state index in [1.165, 1.54) is 7.11 Å². The number of carbonyl (C=O) groups is 1. The highest BCUT2D eigenvalue weighted by molar-refractivity contribution is 5.86. The van der Waals surface area contributed by atoms with Gasteiger partial charge in [-0.05, 0) is 34.1 Å². The van der Waals surface area contributed by atoms with E-state index in [9.17, 15) is 4.79 Å². The van der Waals surface area contributed by atoms with Crippen molar-refractivity contribution in [2.24, 2.45) is 0 Å². The van der Waals surface area contributed by atoms with Gasteiger partial charge in [-0.25, -0.2) is 0 Å². The maximum absolute atomic E-state index is 11.6. The molecule has 2 rings (SSSR count). The SMILES string of the molecule is CC.CC1(C)OC[C@]2(OCCCC2=O)O1.COC(C)(C)O. The first-order valence-electron chi connectivity index (χ1n) is 7.39. The molecule has 0 amide bonds. The minimum absolute atomic E-state index is 0.00400. The summed E-state index contributed by atoms with van der Waals surface area (Å²) in [5.41, 5.74) is 0. The maximum atomic E-state index is 11.6. The zero-order valence-electron chi connectivity index (χ0n) is 14.3. The van der Waals surface area contributed by atoms with Crippen molar-refractivity contribution in [2.45, 2.75) is 71.7 Å². The molecule has 6 nitrogen and oxygen atoms in total. The highest BCUT2D eigenvalue weighted by Gasteiger charge is 2.52. The highest BCUT2D eigenvalue weighted by atomic mass is 16.8. The lowest BCUT2D eigenvalue weighted by molar-refractivity contribution is -0.250. The van der Waals surface area contributed by atoms with Gasteiger partial charge in [0.2, 0.25) is 0 Å². The topological polar surface area (TPSA) is 74.2 Å². The van der Waals surface area contributed by atoms with Crippen LogP contribution in [0.1, 0.15) is 54.4 Å². The summed E-state index contributed by atoms with van der Waals surface area (Å²) in [4.78, 5) is 11.6. The van der Waals surface area contributed by atoms with Crippen LogP contribution in [0.3, 0.4) is 0 Å². The summed E-state index contributed by atoms with van der Waals surface area (Å²) in [5, 5.41) is 8.60. The molecule has 2 aliphatic rings. The van der Waals surface area contributed by atoms with Crippen LogP contribution in [0, 0.1) is 0 Å². The van der Waals surface area contributed by atoms with Crippen LogP contribution >= 0.6 is 0 Å². The van der Waals surface area contributed by atoms with E-state index >= 15 is 0 Å². The van der Waals surface area contributed by atoms with E-state index in [-0.39, 0.29) is 12.4 Å². The van der Waals surface area contributed by atoms with E-state index in [0.29, 0.717) is 13.0 Å². The molecule has 126 valence electrons. The fourth-order valence-corrected chi connectivity index (χ4v) is 1.67. The van der Waals surface area contributed by atoms with Crippen molar-refractivity contribution in [1.29, 1.82) is 0 Å². The van der Waals surface area contributed by atoms with Crippen LogP contribution in [0.25, 0.3) is 0 Å². The van der Waals surface area contributed by atoms with Crippen LogP contribution in [-0.2, 0) is 23.7 Å².